The Morgan fingerprint density at radius 1 is 1.12 bits per heavy atom. The van der Waals surface area contributed by atoms with E-state index < -0.39 is 0 Å². The summed E-state index contributed by atoms with van der Waals surface area (Å²) in [6.45, 7) is 2.73. The summed E-state index contributed by atoms with van der Waals surface area (Å²) >= 11 is 1.93. The molecular weight excluding hydrogens is 446 g/mol. The van der Waals surface area contributed by atoms with E-state index in [2.05, 4.69) is 35.8 Å². The number of carbonyl (C=O) groups is 2. The van der Waals surface area contributed by atoms with Gasteiger partial charge in [0.1, 0.15) is 5.75 Å². The number of hydrogen-bond acceptors (Lipinski definition) is 4. The first-order valence-corrected chi connectivity index (χ1v) is 13.2. The summed E-state index contributed by atoms with van der Waals surface area (Å²) in [5.74, 6) is 2.03. The number of benzene rings is 2. The number of carbonyl (C=O) groups excluding carboxylic acids is 2. The zero-order chi connectivity index (χ0) is 23.9. The van der Waals surface area contributed by atoms with Crippen LogP contribution in [0.15, 0.2) is 54.6 Å². The Bertz CT molecular complexity index is 971. The summed E-state index contributed by atoms with van der Waals surface area (Å²) < 4.78 is 5.53. The van der Waals surface area contributed by atoms with Gasteiger partial charge in [-0.05, 0) is 43.4 Å². The van der Waals surface area contributed by atoms with Crippen molar-refractivity contribution in [3.8, 4) is 5.75 Å². The minimum atomic E-state index is -0.0453. The summed E-state index contributed by atoms with van der Waals surface area (Å²) in [7, 11) is 1.69. The molecule has 3 amide bonds. The van der Waals surface area contributed by atoms with Crippen LogP contribution in [0.1, 0.15) is 43.7 Å². The Kier molecular flexibility index (Phi) is 8.38. The fraction of sp³-hybridized carbons (Fsp3) is 0.481. The van der Waals surface area contributed by atoms with Crippen LogP contribution in [0, 0.1) is 0 Å². The molecule has 34 heavy (non-hydrogen) atoms. The molecule has 0 unspecified atom stereocenters. The van der Waals surface area contributed by atoms with Crippen LogP contribution in [0.2, 0.25) is 0 Å². The highest BCUT2D eigenvalue weighted by molar-refractivity contribution is 8.00. The molecule has 0 spiro atoms. The van der Waals surface area contributed by atoms with Gasteiger partial charge in [0.15, 0.2) is 0 Å². The van der Waals surface area contributed by atoms with Crippen molar-refractivity contribution in [2.75, 3.05) is 12.9 Å². The average molecular weight is 482 g/mol. The number of nitrogens with zero attached hydrogens (tertiary/aromatic N) is 1. The molecule has 0 bridgehead atoms. The van der Waals surface area contributed by atoms with Crippen LogP contribution >= 0.6 is 11.8 Å². The smallest absolute Gasteiger partial charge is 0.315 e. The van der Waals surface area contributed by atoms with E-state index in [1.165, 1.54) is 0 Å². The lowest BCUT2D eigenvalue weighted by molar-refractivity contribution is -0.134. The van der Waals surface area contributed by atoms with Crippen molar-refractivity contribution in [3.63, 3.8) is 0 Å². The van der Waals surface area contributed by atoms with Gasteiger partial charge in [-0.1, -0.05) is 55.0 Å². The van der Waals surface area contributed by atoms with E-state index in [1.54, 1.807) is 7.11 Å². The van der Waals surface area contributed by atoms with Crippen molar-refractivity contribution < 1.29 is 14.3 Å². The van der Waals surface area contributed by atoms with Gasteiger partial charge in [-0.25, -0.2) is 4.79 Å². The molecule has 7 heteroatoms. The van der Waals surface area contributed by atoms with E-state index in [0.717, 1.165) is 48.3 Å². The molecule has 2 N–H and O–H groups in total. The summed E-state index contributed by atoms with van der Waals surface area (Å²) in [6.07, 6.45) is 4.16. The van der Waals surface area contributed by atoms with Crippen LogP contribution in [0.5, 0.6) is 5.75 Å². The van der Waals surface area contributed by atoms with Crippen LogP contribution in [-0.2, 0) is 17.8 Å². The van der Waals surface area contributed by atoms with Gasteiger partial charge in [-0.2, -0.15) is 11.8 Å². The number of thioether (sulfide) groups is 1. The van der Waals surface area contributed by atoms with Crippen molar-refractivity contribution in [1.29, 1.82) is 0 Å². The average Bonchev–Trinajstić information content (AvgIpc) is 3.40. The first-order chi connectivity index (χ1) is 16.5. The first-order valence-electron chi connectivity index (χ1n) is 12.2. The molecule has 2 aliphatic heterocycles. The van der Waals surface area contributed by atoms with E-state index in [0.29, 0.717) is 18.2 Å². The third-order valence-corrected chi connectivity index (χ3v) is 8.33. The molecule has 2 aromatic carbocycles. The highest BCUT2D eigenvalue weighted by Gasteiger charge is 2.42. The Morgan fingerprint density at radius 3 is 2.68 bits per heavy atom. The number of rotatable bonds is 11. The molecule has 0 aliphatic carbocycles. The van der Waals surface area contributed by atoms with E-state index in [4.69, 9.17) is 4.74 Å². The number of nitrogens with one attached hydrogen (secondary N) is 2. The highest BCUT2D eigenvalue weighted by atomic mass is 32.2. The van der Waals surface area contributed by atoms with Crippen LogP contribution in [0.3, 0.4) is 0 Å². The summed E-state index contributed by atoms with van der Waals surface area (Å²) in [4.78, 5) is 27.0. The van der Waals surface area contributed by atoms with E-state index in [1.807, 2.05) is 53.1 Å². The molecule has 2 fully saturated rings. The maximum atomic E-state index is 13.4. The number of ether oxygens (including phenoxy) is 1. The Morgan fingerprint density at radius 2 is 1.88 bits per heavy atom. The molecule has 4 atom stereocenters. The number of methoxy groups -OCH3 is 1. The topological polar surface area (TPSA) is 70.7 Å². The van der Waals surface area contributed by atoms with Crippen molar-refractivity contribution in [3.05, 3.63) is 65.7 Å². The van der Waals surface area contributed by atoms with Crippen molar-refractivity contribution in [2.24, 2.45) is 0 Å². The lowest BCUT2D eigenvalue weighted by Crippen LogP contribution is -2.39. The van der Waals surface area contributed by atoms with Crippen molar-refractivity contribution in [2.45, 2.75) is 68.9 Å². The molecule has 2 heterocycles. The molecular formula is C27H35N3O3S. The monoisotopic (exact) mass is 481 g/mol. The SMILES string of the molecule is COc1ccccc1C[C@@H](C)N(Cc1ccccc1)C(=O)CCCC[C@@H]1SC[C@@H]2NC(=O)N[C@@H]21. The number of fused-ring (bicyclic) bond motifs is 1. The maximum Gasteiger partial charge on any atom is 0.315 e. The molecule has 2 aromatic rings. The van der Waals surface area contributed by atoms with Crippen LogP contribution < -0.4 is 15.4 Å². The van der Waals surface area contributed by atoms with E-state index in [-0.39, 0.29) is 30.1 Å². The van der Waals surface area contributed by atoms with E-state index in [9.17, 15) is 9.59 Å². The van der Waals surface area contributed by atoms with Crippen LogP contribution in [-0.4, -0.2) is 53.1 Å². The predicted molar refractivity (Wildman–Crippen MR) is 137 cm³/mol. The maximum absolute atomic E-state index is 13.4. The zero-order valence-corrected chi connectivity index (χ0v) is 20.9. The molecule has 0 aromatic heterocycles. The van der Waals surface area contributed by atoms with Crippen molar-refractivity contribution >= 4 is 23.7 Å². The van der Waals surface area contributed by atoms with Crippen LogP contribution in [0.25, 0.3) is 0 Å². The highest BCUT2D eigenvalue weighted by Crippen LogP contribution is 2.33. The third kappa shape index (κ3) is 6.06. The second kappa shape index (κ2) is 11.6. The molecule has 2 aliphatic rings. The fourth-order valence-electron chi connectivity index (χ4n) is 4.98. The summed E-state index contributed by atoms with van der Waals surface area (Å²) in [5.41, 5.74) is 2.25. The van der Waals surface area contributed by atoms with Crippen molar-refractivity contribution in [1.82, 2.24) is 15.5 Å². The Hall–Kier alpha value is -2.67. The Labute approximate surface area is 206 Å². The molecule has 2 saturated heterocycles. The number of amides is 3. The molecule has 0 saturated carbocycles. The van der Waals surface area contributed by atoms with Crippen LogP contribution in [0.4, 0.5) is 4.79 Å². The summed E-state index contributed by atoms with van der Waals surface area (Å²) in [5, 5.41) is 6.48. The first kappa shape index (κ1) is 24.5. The zero-order valence-electron chi connectivity index (χ0n) is 20.0. The van der Waals surface area contributed by atoms with Gasteiger partial charge < -0.3 is 20.3 Å². The standard InChI is InChI=1S/C27H35N3O3S/c1-19(16-21-12-6-7-13-23(21)33-2)30(17-20-10-4-3-5-11-20)25(31)15-9-8-14-24-26-22(18-34-24)28-27(32)29-26/h3-7,10-13,19,22,24,26H,8-9,14-18H2,1-2H3,(H2,28,29,32)/t19-,22+,24+,26+/m1/s1. The van der Waals surface area contributed by atoms with Gasteiger partial charge in [0.25, 0.3) is 0 Å². The number of urea groups is 1. The lowest BCUT2D eigenvalue weighted by atomic mass is 10.0. The largest absolute Gasteiger partial charge is 0.496 e. The van der Waals surface area contributed by atoms with Gasteiger partial charge in [-0.15, -0.1) is 0 Å². The third-order valence-electron chi connectivity index (χ3n) is 6.82. The van der Waals surface area contributed by atoms with Gasteiger partial charge in [0, 0.05) is 30.0 Å². The molecule has 6 nitrogen and oxygen atoms in total. The molecule has 0 radical (unpaired) electrons. The van der Waals surface area contributed by atoms with E-state index >= 15 is 0 Å². The minimum Gasteiger partial charge on any atom is -0.496 e. The minimum absolute atomic E-state index is 0.0453. The summed E-state index contributed by atoms with van der Waals surface area (Å²) in [6, 6.07) is 18.7. The quantitative estimate of drug-likeness (QED) is 0.369. The molecule has 182 valence electrons. The Balaban J connectivity index is 1.34. The van der Waals surface area contributed by atoms with Gasteiger partial charge >= 0.3 is 6.03 Å². The number of para-hydroxylation sites is 1. The normalized spacial score (nSPS) is 21.9. The second-order valence-corrected chi connectivity index (χ2v) is 10.5. The molecule has 4 rings (SSSR count). The van der Waals surface area contributed by atoms with Gasteiger partial charge in [-0.3, -0.25) is 4.79 Å². The fourth-order valence-corrected chi connectivity index (χ4v) is 6.52. The second-order valence-electron chi connectivity index (χ2n) is 9.24. The predicted octanol–water partition coefficient (Wildman–Crippen LogP) is 4.38. The van der Waals surface area contributed by atoms with Gasteiger partial charge in [0.2, 0.25) is 5.91 Å². The lowest BCUT2D eigenvalue weighted by Gasteiger charge is -2.30. The van der Waals surface area contributed by atoms with Gasteiger partial charge in [0.05, 0.1) is 19.2 Å². The number of hydrogen-bond donors (Lipinski definition) is 2. The number of unbranched alkanes of at least 4 members (excludes halogenated alkanes) is 1.